The molecular weight excluding hydrogens is 338 g/mol. The number of amides is 1. The summed E-state index contributed by atoms with van der Waals surface area (Å²) < 4.78 is 11.0. The summed E-state index contributed by atoms with van der Waals surface area (Å²) in [4.78, 5) is 12.5. The lowest BCUT2D eigenvalue weighted by molar-refractivity contribution is -0.124. The van der Waals surface area contributed by atoms with Gasteiger partial charge in [0.15, 0.2) is 6.61 Å². The maximum Gasteiger partial charge on any atom is 0.258 e. The molecule has 0 bridgehead atoms. The van der Waals surface area contributed by atoms with Crippen molar-refractivity contribution >= 4 is 5.91 Å². The second-order valence-corrected chi connectivity index (χ2v) is 7.50. The highest BCUT2D eigenvalue weighted by atomic mass is 16.5. The summed E-state index contributed by atoms with van der Waals surface area (Å²) in [7, 11) is 1.65. The standard InChI is InChI=1S/C23H31NO3/c1-16(2)14-21(18-10-12-19(26-5)13-11-18)24-23(25)15-27-22-9-7-6-8-20(22)17(3)4/h6-13,16-17,21H,14-15H2,1-5H3,(H,24,25)/t21-/m1/s1. The van der Waals surface area contributed by atoms with Crippen molar-refractivity contribution < 1.29 is 14.3 Å². The molecule has 27 heavy (non-hydrogen) atoms. The predicted molar refractivity (Wildman–Crippen MR) is 109 cm³/mol. The van der Waals surface area contributed by atoms with Crippen LogP contribution in [0.3, 0.4) is 0 Å². The molecule has 0 aliphatic heterocycles. The van der Waals surface area contributed by atoms with Crippen LogP contribution in [0.2, 0.25) is 0 Å². The molecule has 2 rings (SSSR count). The topological polar surface area (TPSA) is 47.6 Å². The zero-order chi connectivity index (χ0) is 19.8. The van der Waals surface area contributed by atoms with Gasteiger partial charge < -0.3 is 14.8 Å². The Bertz CT molecular complexity index is 723. The summed E-state index contributed by atoms with van der Waals surface area (Å²) in [6.45, 7) is 8.54. The van der Waals surface area contributed by atoms with E-state index in [2.05, 4.69) is 33.0 Å². The van der Waals surface area contributed by atoms with Crippen molar-refractivity contribution in [1.82, 2.24) is 5.32 Å². The molecule has 0 fully saturated rings. The van der Waals surface area contributed by atoms with Gasteiger partial charge in [-0.05, 0) is 47.6 Å². The van der Waals surface area contributed by atoms with Crippen LogP contribution < -0.4 is 14.8 Å². The van der Waals surface area contributed by atoms with E-state index in [0.717, 1.165) is 29.0 Å². The second kappa shape index (κ2) is 10.0. The molecular formula is C23H31NO3. The Morgan fingerprint density at radius 3 is 2.26 bits per heavy atom. The SMILES string of the molecule is COc1ccc([C@@H](CC(C)C)NC(=O)COc2ccccc2C(C)C)cc1. The summed E-state index contributed by atoms with van der Waals surface area (Å²) in [5, 5.41) is 3.12. The molecule has 2 aromatic rings. The third kappa shape index (κ3) is 6.31. The fourth-order valence-electron chi connectivity index (χ4n) is 3.05. The molecule has 0 aromatic heterocycles. The number of carbonyl (C=O) groups excluding carboxylic acids is 1. The Kier molecular flexibility index (Phi) is 7.71. The second-order valence-electron chi connectivity index (χ2n) is 7.50. The van der Waals surface area contributed by atoms with Crippen molar-refractivity contribution in [3.8, 4) is 11.5 Å². The Labute approximate surface area is 162 Å². The third-order valence-electron chi connectivity index (χ3n) is 4.46. The van der Waals surface area contributed by atoms with E-state index in [1.165, 1.54) is 0 Å². The Hall–Kier alpha value is -2.49. The number of carbonyl (C=O) groups is 1. The molecule has 1 atom stereocenters. The highest BCUT2D eigenvalue weighted by molar-refractivity contribution is 5.78. The van der Waals surface area contributed by atoms with Crippen molar-refractivity contribution in [2.75, 3.05) is 13.7 Å². The van der Waals surface area contributed by atoms with Crippen molar-refractivity contribution in [2.24, 2.45) is 5.92 Å². The zero-order valence-electron chi connectivity index (χ0n) is 17.0. The first kappa shape index (κ1) is 20.8. The molecule has 0 spiro atoms. The number of ether oxygens (including phenoxy) is 2. The van der Waals surface area contributed by atoms with E-state index in [1.54, 1.807) is 7.11 Å². The van der Waals surface area contributed by atoms with E-state index >= 15 is 0 Å². The third-order valence-corrected chi connectivity index (χ3v) is 4.46. The summed E-state index contributed by atoms with van der Waals surface area (Å²) in [5.41, 5.74) is 2.18. The normalized spacial score (nSPS) is 12.1. The van der Waals surface area contributed by atoms with E-state index in [1.807, 2.05) is 48.5 Å². The molecule has 0 saturated carbocycles. The lowest BCUT2D eigenvalue weighted by atomic mass is 9.97. The van der Waals surface area contributed by atoms with Crippen molar-refractivity contribution in [2.45, 2.75) is 46.1 Å². The molecule has 1 N–H and O–H groups in total. The predicted octanol–water partition coefficient (Wildman–Crippen LogP) is 5.10. The quantitative estimate of drug-likeness (QED) is 0.669. The van der Waals surface area contributed by atoms with Crippen LogP contribution in [0.15, 0.2) is 48.5 Å². The van der Waals surface area contributed by atoms with Crippen LogP contribution in [0.1, 0.15) is 57.2 Å². The number of para-hydroxylation sites is 1. The van der Waals surface area contributed by atoms with Gasteiger partial charge in [-0.25, -0.2) is 0 Å². The summed E-state index contributed by atoms with van der Waals surface area (Å²) in [6, 6.07) is 15.7. The number of rotatable bonds is 9. The summed E-state index contributed by atoms with van der Waals surface area (Å²) >= 11 is 0. The molecule has 146 valence electrons. The lowest BCUT2D eigenvalue weighted by Gasteiger charge is -2.22. The van der Waals surface area contributed by atoms with Crippen LogP contribution >= 0.6 is 0 Å². The van der Waals surface area contributed by atoms with Gasteiger partial charge in [0.2, 0.25) is 0 Å². The van der Waals surface area contributed by atoms with E-state index in [4.69, 9.17) is 9.47 Å². The summed E-state index contributed by atoms with van der Waals surface area (Å²) in [6.07, 6.45) is 0.862. The average Bonchev–Trinajstić information content (AvgIpc) is 2.65. The van der Waals surface area contributed by atoms with E-state index in [9.17, 15) is 4.79 Å². The summed E-state index contributed by atoms with van der Waals surface area (Å²) in [5.74, 6) is 2.27. The monoisotopic (exact) mass is 369 g/mol. The maximum atomic E-state index is 12.5. The Morgan fingerprint density at radius 1 is 1.00 bits per heavy atom. The van der Waals surface area contributed by atoms with Gasteiger partial charge >= 0.3 is 0 Å². The minimum Gasteiger partial charge on any atom is -0.497 e. The largest absolute Gasteiger partial charge is 0.497 e. The molecule has 0 aliphatic rings. The number of nitrogens with one attached hydrogen (secondary N) is 1. The van der Waals surface area contributed by atoms with Crippen molar-refractivity contribution in [3.63, 3.8) is 0 Å². The van der Waals surface area contributed by atoms with E-state index in [-0.39, 0.29) is 18.6 Å². The van der Waals surface area contributed by atoms with Gasteiger partial charge in [-0.3, -0.25) is 4.79 Å². The first-order valence-electron chi connectivity index (χ1n) is 9.55. The van der Waals surface area contributed by atoms with Crippen LogP contribution in [0.5, 0.6) is 11.5 Å². The van der Waals surface area contributed by atoms with Gasteiger partial charge in [0, 0.05) is 0 Å². The molecule has 0 heterocycles. The number of hydrogen-bond donors (Lipinski definition) is 1. The minimum absolute atomic E-state index is 0.00842. The van der Waals surface area contributed by atoms with Gasteiger partial charge in [0.05, 0.1) is 13.2 Å². The van der Waals surface area contributed by atoms with Gasteiger partial charge in [0.25, 0.3) is 5.91 Å². The fourth-order valence-corrected chi connectivity index (χ4v) is 3.05. The first-order chi connectivity index (χ1) is 12.9. The molecule has 0 radical (unpaired) electrons. The number of hydrogen-bond acceptors (Lipinski definition) is 3. The van der Waals surface area contributed by atoms with E-state index < -0.39 is 0 Å². The molecule has 0 unspecified atom stereocenters. The zero-order valence-corrected chi connectivity index (χ0v) is 17.0. The van der Waals surface area contributed by atoms with Crippen molar-refractivity contribution in [1.29, 1.82) is 0 Å². The van der Waals surface area contributed by atoms with Crippen LogP contribution in [0.25, 0.3) is 0 Å². The lowest BCUT2D eigenvalue weighted by Crippen LogP contribution is -2.33. The van der Waals surface area contributed by atoms with Gasteiger partial charge in [-0.15, -0.1) is 0 Å². The van der Waals surface area contributed by atoms with E-state index in [0.29, 0.717) is 11.8 Å². The molecule has 2 aromatic carbocycles. The van der Waals surface area contributed by atoms with Crippen LogP contribution in [-0.4, -0.2) is 19.6 Å². The van der Waals surface area contributed by atoms with Gasteiger partial charge in [-0.1, -0.05) is 58.0 Å². The van der Waals surface area contributed by atoms with Gasteiger partial charge in [0.1, 0.15) is 11.5 Å². The smallest absolute Gasteiger partial charge is 0.258 e. The number of methoxy groups -OCH3 is 1. The first-order valence-corrected chi connectivity index (χ1v) is 9.55. The number of benzene rings is 2. The Morgan fingerprint density at radius 2 is 1.67 bits per heavy atom. The highest BCUT2D eigenvalue weighted by Crippen LogP contribution is 2.26. The fraction of sp³-hybridized carbons (Fsp3) is 0.435. The van der Waals surface area contributed by atoms with Gasteiger partial charge in [-0.2, -0.15) is 0 Å². The Balaban J connectivity index is 2.03. The minimum atomic E-state index is -0.116. The van der Waals surface area contributed by atoms with Crippen LogP contribution in [0.4, 0.5) is 0 Å². The van der Waals surface area contributed by atoms with Crippen LogP contribution in [0, 0.1) is 5.92 Å². The highest BCUT2D eigenvalue weighted by Gasteiger charge is 2.17. The van der Waals surface area contributed by atoms with Crippen LogP contribution in [-0.2, 0) is 4.79 Å². The molecule has 1 amide bonds. The molecule has 4 heteroatoms. The average molecular weight is 370 g/mol. The molecule has 0 saturated heterocycles. The molecule has 4 nitrogen and oxygen atoms in total. The van der Waals surface area contributed by atoms with Crippen molar-refractivity contribution in [3.05, 3.63) is 59.7 Å². The maximum absolute atomic E-state index is 12.5. The molecule has 0 aliphatic carbocycles.